The summed E-state index contributed by atoms with van der Waals surface area (Å²) in [5.41, 5.74) is 8.26. The molecule has 6 heteroatoms. The molecule has 5 nitrogen and oxygen atoms in total. The van der Waals surface area contributed by atoms with Crippen LogP contribution in [0.25, 0.3) is 22.0 Å². The standard InChI is InChI=1S/C26H32N4OS/c27-22(17-32)26(31)30-14-13-29-16-23(21-12-6-10-19-9-4-5-11-20(19)21)28-25(29)24(30)15-18-7-2-1-3-8-18/h4-6,9-12,16,18,22,24,32H,1-3,7-8,13-15,17,27H2/t22-,24-/m0/s1. The molecule has 0 radical (unpaired) electrons. The molecular weight excluding hydrogens is 416 g/mol. The van der Waals surface area contributed by atoms with Gasteiger partial charge in [0.1, 0.15) is 5.82 Å². The molecule has 32 heavy (non-hydrogen) atoms. The van der Waals surface area contributed by atoms with Crippen LogP contribution in [0.3, 0.4) is 0 Å². The van der Waals surface area contributed by atoms with Gasteiger partial charge in [0, 0.05) is 30.6 Å². The maximum atomic E-state index is 13.2. The smallest absolute Gasteiger partial charge is 0.241 e. The number of hydrogen-bond acceptors (Lipinski definition) is 4. The van der Waals surface area contributed by atoms with Crippen molar-refractivity contribution in [2.24, 2.45) is 11.7 Å². The van der Waals surface area contributed by atoms with Crippen LogP contribution in [0.15, 0.2) is 48.7 Å². The Labute approximate surface area is 195 Å². The van der Waals surface area contributed by atoms with Gasteiger partial charge < -0.3 is 15.2 Å². The summed E-state index contributed by atoms with van der Waals surface area (Å²) < 4.78 is 2.26. The first-order valence-corrected chi connectivity index (χ1v) is 12.5. The minimum Gasteiger partial charge on any atom is -0.331 e. The zero-order valence-electron chi connectivity index (χ0n) is 18.5. The molecule has 3 aromatic rings. The second-order valence-electron chi connectivity index (χ2n) is 9.28. The fourth-order valence-corrected chi connectivity index (χ4v) is 5.65. The van der Waals surface area contributed by atoms with Crippen molar-refractivity contribution in [2.45, 2.75) is 57.2 Å². The number of carbonyl (C=O) groups is 1. The van der Waals surface area contributed by atoms with E-state index in [1.54, 1.807) is 0 Å². The summed E-state index contributed by atoms with van der Waals surface area (Å²) in [4.78, 5) is 20.3. The number of imidazole rings is 1. The minimum atomic E-state index is -0.564. The van der Waals surface area contributed by atoms with Gasteiger partial charge in [0.05, 0.1) is 17.8 Å². The SMILES string of the molecule is N[C@@H](CS)C(=O)N1CCn2cc(-c3cccc4ccccc34)nc2[C@@H]1CC1CCCCC1. The van der Waals surface area contributed by atoms with Crippen LogP contribution in [-0.4, -0.2) is 38.7 Å². The molecule has 2 aliphatic rings. The number of carbonyl (C=O) groups excluding carboxylic acids is 1. The fourth-order valence-electron chi connectivity index (χ4n) is 5.49. The molecule has 5 rings (SSSR count). The highest BCUT2D eigenvalue weighted by Gasteiger charge is 2.36. The number of amides is 1. The molecule has 0 unspecified atom stereocenters. The fraction of sp³-hybridized carbons (Fsp3) is 0.462. The third-order valence-electron chi connectivity index (χ3n) is 7.21. The average Bonchev–Trinajstić information content (AvgIpc) is 3.28. The molecule has 1 aliphatic heterocycles. The van der Waals surface area contributed by atoms with Crippen LogP contribution in [0.1, 0.15) is 50.4 Å². The topological polar surface area (TPSA) is 64.2 Å². The number of thiol groups is 1. The Bertz CT molecular complexity index is 1100. The Morgan fingerprint density at radius 1 is 1.09 bits per heavy atom. The van der Waals surface area contributed by atoms with E-state index in [1.807, 2.05) is 4.90 Å². The van der Waals surface area contributed by atoms with Gasteiger partial charge in [-0.15, -0.1) is 0 Å². The lowest BCUT2D eigenvalue weighted by Crippen LogP contribution is -2.50. The summed E-state index contributed by atoms with van der Waals surface area (Å²) in [6.45, 7) is 1.43. The van der Waals surface area contributed by atoms with Crippen molar-refractivity contribution in [1.82, 2.24) is 14.5 Å². The second kappa shape index (κ2) is 9.28. The van der Waals surface area contributed by atoms with E-state index in [9.17, 15) is 4.79 Å². The van der Waals surface area contributed by atoms with Gasteiger partial charge in [0.15, 0.2) is 0 Å². The van der Waals surface area contributed by atoms with E-state index >= 15 is 0 Å². The van der Waals surface area contributed by atoms with Crippen LogP contribution in [0.2, 0.25) is 0 Å². The first-order chi connectivity index (χ1) is 15.7. The van der Waals surface area contributed by atoms with E-state index in [0.717, 1.165) is 30.0 Å². The second-order valence-corrected chi connectivity index (χ2v) is 9.65. The Morgan fingerprint density at radius 3 is 2.69 bits per heavy atom. The van der Waals surface area contributed by atoms with E-state index in [2.05, 4.69) is 65.9 Å². The average molecular weight is 449 g/mol. The van der Waals surface area contributed by atoms with Crippen molar-refractivity contribution in [1.29, 1.82) is 0 Å². The first-order valence-electron chi connectivity index (χ1n) is 11.9. The van der Waals surface area contributed by atoms with Crippen molar-refractivity contribution in [3.8, 4) is 11.3 Å². The van der Waals surface area contributed by atoms with Crippen LogP contribution < -0.4 is 5.73 Å². The lowest BCUT2D eigenvalue weighted by Gasteiger charge is -2.39. The number of rotatable bonds is 5. The zero-order valence-corrected chi connectivity index (χ0v) is 19.4. The summed E-state index contributed by atoms with van der Waals surface area (Å²) in [5, 5.41) is 2.42. The van der Waals surface area contributed by atoms with Crippen molar-refractivity contribution in [3.05, 3.63) is 54.5 Å². The predicted molar refractivity (Wildman–Crippen MR) is 133 cm³/mol. The molecule has 2 aromatic carbocycles. The lowest BCUT2D eigenvalue weighted by atomic mass is 9.84. The van der Waals surface area contributed by atoms with Crippen molar-refractivity contribution < 1.29 is 4.79 Å². The highest BCUT2D eigenvalue weighted by atomic mass is 32.1. The molecule has 2 atom stereocenters. The molecule has 1 aliphatic carbocycles. The van der Waals surface area contributed by atoms with Gasteiger partial charge >= 0.3 is 0 Å². The van der Waals surface area contributed by atoms with Crippen molar-refractivity contribution >= 4 is 29.3 Å². The Hall–Kier alpha value is -2.31. The molecule has 0 saturated heterocycles. The predicted octanol–water partition coefficient (Wildman–Crippen LogP) is 4.81. The number of hydrogen-bond donors (Lipinski definition) is 2. The largest absolute Gasteiger partial charge is 0.331 e. The van der Waals surface area contributed by atoms with Crippen molar-refractivity contribution in [3.63, 3.8) is 0 Å². The summed E-state index contributed by atoms with van der Waals surface area (Å²) in [6.07, 6.45) is 9.53. The molecule has 1 fully saturated rings. The van der Waals surface area contributed by atoms with Gasteiger partial charge in [0.25, 0.3) is 0 Å². The minimum absolute atomic E-state index is 0.00164. The third kappa shape index (κ3) is 4.06. The molecule has 2 N–H and O–H groups in total. The Kier molecular flexibility index (Phi) is 6.24. The molecule has 168 valence electrons. The molecular formula is C26H32N4OS. The number of nitrogens with two attached hydrogens (primary N) is 1. The van der Waals surface area contributed by atoms with E-state index in [1.165, 1.54) is 42.9 Å². The van der Waals surface area contributed by atoms with Crippen LogP contribution in [-0.2, 0) is 11.3 Å². The van der Waals surface area contributed by atoms with Gasteiger partial charge in [-0.1, -0.05) is 74.6 Å². The maximum absolute atomic E-state index is 13.2. The van der Waals surface area contributed by atoms with Gasteiger partial charge in [-0.2, -0.15) is 12.6 Å². The van der Waals surface area contributed by atoms with Gasteiger partial charge in [-0.3, -0.25) is 4.79 Å². The monoisotopic (exact) mass is 448 g/mol. The molecule has 0 spiro atoms. The summed E-state index contributed by atoms with van der Waals surface area (Å²) >= 11 is 4.28. The number of nitrogens with zero attached hydrogens (tertiary/aromatic N) is 3. The van der Waals surface area contributed by atoms with Crippen LogP contribution in [0.4, 0.5) is 0 Å². The van der Waals surface area contributed by atoms with Gasteiger partial charge in [-0.25, -0.2) is 4.98 Å². The first kappa shape index (κ1) is 21.5. The quantitative estimate of drug-likeness (QED) is 0.551. The lowest BCUT2D eigenvalue weighted by molar-refractivity contribution is -0.136. The number of fused-ring (bicyclic) bond motifs is 2. The van der Waals surface area contributed by atoms with E-state index in [0.29, 0.717) is 18.2 Å². The summed E-state index contributed by atoms with van der Waals surface area (Å²) in [6, 6.07) is 14.2. The maximum Gasteiger partial charge on any atom is 0.241 e. The van der Waals surface area contributed by atoms with E-state index < -0.39 is 6.04 Å². The van der Waals surface area contributed by atoms with Gasteiger partial charge in [0.2, 0.25) is 5.91 Å². The molecule has 1 amide bonds. The van der Waals surface area contributed by atoms with Crippen molar-refractivity contribution in [2.75, 3.05) is 12.3 Å². The van der Waals surface area contributed by atoms with Gasteiger partial charge in [-0.05, 0) is 23.1 Å². The van der Waals surface area contributed by atoms with Crippen LogP contribution >= 0.6 is 12.6 Å². The molecule has 1 saturated carbocycles. The van der Waals surface area contributed by atoms with E-state index in [-0.39, 0.29) is 11.9 Å². The Morgan fingerprint density at radius 2 is 1.88 bits per heavy atom. The molecule has 1 aromatic heterocycles. The number of aromatic nitrogens is 2. The summed E-state index contributed by atoms with van der Waals surface area (Å²) in [5.74, 6) is 2.01. The van der Waals surface area contributed by atoms with E-state index in [4.69, 9.17) is 10.7 Å². The Balaban J connectivity index is 1.53. The molecule has 2 heterocycles. The molecule has 0 bridgehead atoms. The summed E-state index contributed by atoms with van der Waals surface area (Å²) in [7, 11) is 0. The number of benzene rings is 2. The van der Waals surface area contributed by atoms with Crippen LogP contribution in [0, 0.1) is 5.92 Å². The third-order valence-corrected chi connectivity index (χ3v) is 7.60. The normalized spacial score (nSPS) is 20.3. The zero-order chi connectivity index (χ0) is 22.1. The van der Waals surface area contributed by atoms with Crippen LogP contribution in [0.5, 0.6) is 0 Å². The highest BCUT2D eigenvalue weighted by molar-refractivity contribution is 7.80. The highest BCUT2D eigenvalue weighted by Crippen LogP contribution is 2.38.